The van der Waals surface area contributed by atoms with Gasteiger partial charge in [-0.3, -0.25) is 27.1 Å². The summed E-state index contributed by atoms with van der Waals surface area (Å²) in [6, 6.07) is 7.55. The van der Waals surface area contributed by atoms with E-state index in [2.05, 4.69) is 4.98 Å². The second kappa shape index (κ2) is 12.1. The van der Waals surface area contributed by atoms with E-state index in [1.54, 1.807) is 34.0 Å². The molecule has 0 radical (unpaired) electrons. The Hall–Kier alpha value is -1.09. The molecule has 0 spiro atoms. The van der Waals surface area contributed by atoms with E-state index in [0.717, 1.165) is 11.0 Å². The quantitative estimate of drug-likeness (QED) is 0.344. The minimum Gasteiger partial charge on any atom is -0.328 e. The topological polar surface area (TPSA) is 107 Å². The third-order valence-corrected chi connectivity index (χ3v) is 7.09. The first-order chi connectivity index (χ1) is 14.4. The van der Waals surface area contributed by atoms with Crippen LogP contribution in [0, 0.1) is 0 Å². The van der Waals surface area contributed by atoms with Gasteiger partial charge in [0.2, 0.25) is 0 Å². The standard InChI is InChI=1S/C18H30N2O8P2/c1-5-23-29(21,24-6-2)27-14-16(28-30(22,25-7-3)26-8-4)13-20-15-19-17-11-9-10-12-18(17)20/h9-12,15-16H,5-8,13-14H2,1-4H3. The lowest BCUT2D eigenvalue weighted by atomic mass is 10.3. The van der Waals surface area contributed by atoms with Crippen molar-refractivity contribution in [2.45, 2.75) is 40.3 Å². The molecule has 1 heterocycles. The minimum atomic E-state index is -3.85. The molecule has 12 heteroatoms. The number of imidazole rings is 1. The molecule has 1 aromatic carbocycles. The van der Waals surface area contributed by atoms with Crippen molar-refractivity contribution < 1.29 is 36.3 Å². The Morgan fingerprint density at radius 1 is 0.867 bits per heavy atom. The maximum absolute atomic E-state index is 12.9. The molecule has 2 rings (SSSR count). The number of hydrogen-bond acceptors (Lipinski definition) is 9. The predicted octanol–water partition coefficient (Wildman–Crippen LogP) is 4.80. The lowest BCUT2D eigenvalue weighted by Crippen LogP contribution is -2.25. The van der Waals surface area contributed by atoms with Crippen LogP contribution in [-0.2, 0) is 42.8 Å². The molecule has 10 nitrogen and oxygen atoms in total. The van der Waals surface area contributed by atoms with Crippen molar-refractivity contribution >= 4 is 26.7 Å². The van der Waals surface area contributed by atoms with Crippen LogP contribution in [0.4, 0.5) is 0 Å². The average molecular weight is 464 g/mol. The van der Waals surface area contributed by atoms with Gasteiger partial charge >= 0.3 is 15.6 Å². The average Bonchev–Trinajstić information content (AvgIpc) is 3.10. The summed E-state index contributed by atoms with van der Waals surface area (Å²) >= 11 is 0. The molecular formula is C18H30N2O8P2. The summed E-state index contributed by atoms with van der Waals surface area (Å²) in [6.45, 7) is 7.25. The zero-order valence-corrected chi connectivity index (χ0v) is 19.6. The molecule has 0 bridgehead atoms. The molecular weight excluding hydrogens is 434 g/mol. The van der Waals surface area contributed by atoms with Crippen LogP contribution in [0.25, 0.3) is 11.0 Å². The van der Waals surface area contributed by atoms with Gasteiger partial charge in [-0.15, -0.1) is 0 Å². The third kappa shape index (κ3) is 7.25. The van der Waals surface area contributed by atoms with E-state index >= 15 is 0 Å². The summed E-state index contributed by atoms with van der Waals surface area (Å²) in [4.78, 5) is 4.34. The number of aromatic nitrogens is 2. The van der Waals surface area contributed by atoms with Crippen molar-refractivity contribution in [1.29, 1.82) is 0 Å². The third-order valence-electron chi connectivity index (χ3n) is 3.77. The Bertz CT molecular complexity index is 855. The Kier molecular flexibility index (Phi) is 10.1. The van der Waals surface area contributed by atoms with Gasteiger partial charge < -0.3 is 4.57 Å². The van der Waals surface area contributed by atoms with Gasteiger partial charge in [0.05, 0.1) is 56.9 Å². The van der Waals surface area contributed by atoms with Gasteiger partial charge in [0.15, 0.2) is 0 Å². The summed E-state index contributed by atoms with van der Waals surface area (Å²) in [5.41, 5.74) is 1.65. The largest absolute Gasteiger partial charge is 0.475 e. The number of rotatable bonds is 15. The number of phosphoric acid groups is 2. The van der Waals surface area contributed by atoms with Crippen molar-refractivity contribution in [3.63, 3.8) is 0 Å². The van der Waals surface area contributed by atoms with Crippen molar-refractivity contribution in [2.75, 3.05) is 33.0 Å². The molecule has 0 saturated carbocycles. The van der Waals surface area contributed by atoms with Crippen molar-refractivity contribution in [2.24, 2.45) is 0 Å². The summed E-state index contributed by atoms with van der Waals surface area (Å²) in [5.74, 6) is 0. The van der Waals surface area contributed by atoms with E-state index in [4.69, 9.17) is 27.1 Å². The molecule has 0 saturated heterocycles. The van der Waals surface area contributed by atoms with E-state index in [0.29, 0.717) is 0 Å². The molecule has 2 aromatic rings. The van der Waals surface area contributed by atoms with Crippen LogP contribution < -0.4 is 0 Å². The van der Waals surface area contributed by atoms with Gasteiger partial charge in [-0.1, -0.05) is 12.1 Å². The monoisotopic (exact) mass is 464 g/mol. The van der Waals surface area contributed by atoms with Crippen molar-refractivity contribution in [3.05, 3.63) is 30.6 Å². The van der Waals surface area contributed by atoms with Crippen LogP contribution in [0.2, 0.25) is 0 Å². The predicted molar refractivity (Wildman–Crippen MR) is 112 cm³/mol. The van der Waals surface area contributed by atoms with E-state index < -0.39 is 21.7 Å². The summed E-state index contributed by atoms with van der Waals surface area (Å²) in [5, 5.41) is 0. The molecule has 0 amide bonds. The minimum absolute atomic E-state index is 0.134. The van der Waals surface area contributed by atoms with E-state index in [1.807, 2.05) is 28.8 Å². The smallest absolute Gasteiger partial charge is 0.328 e. The lowest BCUT2D eigenvalue weighted by Gasteiger charge is -2.25. The molecule has 0 fully saturated rings. The summed E-state index contributed by atoms with van der Waals surface area (Å²) in [7, 11) is -7.64. The SMILES string of the molecule is CCOP(=O)(OCC)OCC(Cn1cnc2ccccc21)OP(=O)(OCC)OCC. The van der Waals surface area contributed by atoms with Gasteiger partial charge in [-0.25, -0.2) is 14.1 Å². The molecule has 1 atom stereocenters. The number of phosphoric ester groups is 2. The maximum atomic E-state index is 12.9. The van der Waals surface area contributed by atoms with Gasteiger partial charge in [-0.2, -0.15) is 0 Å². The molecule has 0 aliphatic rings. The lowest BCUT2D eigenvalue weighted by molar-refractivity contribution is 0.0325. The highest BCUT2D eigenvalue weighted by Crippen LogP contribution is 2.52. The van der Waals surface area contributed by atoms with Crippen LogP contribution in [-0.4, -0.2) is 48.7 Å². The number of fused-ring (bicyclic) bond motifs is 1. The maximum Gasteiger partial charge on any atom is 0.475 e. The van der Waals surface area contributed by atoms with Crippen molar-refractivity contribution in [3.8, 4) is 0 Å². The summed E-state index contributed by atoms with van der Waals surface area (Å²) in [6.07, 6.45) is 0.790. The fourth-order valence-electron chi connectivity index (χ4n) is 2.69. The van der Waals surface area contributed by atoms with E-state index in [9.17, 15) is 9.13 Å². The van der Waals surface area contributed by atoms with E-state index in [-0.39, 0.29) is 39.6 Å². The van der Waals surface area contributed by atoms with Gasteiger partial charge in [0.25, 0.3) is 0 Å². The number of nitrogens with zero attached hydrogens (tertiary/aromatic N) is 2. The first kappa shape index (κ1) is 25.2. The molecule has 0 aliphatic heterocycles. The van der Waals surface area contributed by atoms with Gasteiger partial charge in [0, 0.05) is 0 Å². The Balaban J connectivity index is 2.24. The van der Waals surface area contributed by atoms with Gasteiger partial charge in [-0.05, 0) is 39.8 Å². The fourth-order valence-corrected chi connectivity index (χ4v) is 5.22. The summed E-state index contributed by atoms with van der Waals surface area (Å²) < 4.78 is 59.3. The zero-order chi connectivity index (χ0) is 22.0. The Morgan fingerprint density at radius 3 is 2.03 bits per heavy atom. The highest BCUT2D eigenvalue weighted by molar-refractivity contribution is 7.48. The van der Waals surface area contributed by atoms with Crippen LogP contribution in [0.1, 0.15) is 27.7 Å². The second-order valence-electron chi connectivity index (χ2n) is 5.97. The van der Waals surface area contributed by atoms with E-state index in [1.165, 1.54) is 0 Å². The normalized spacial score (nSPS) is 13.7. The Labute approximate surface area is 177 Å². The highest BCUT2D eigenvalue weighted by atomic mass is 31.2. The first-order valence-corrected chi connectivity index (χ1v) is 12.8. The second-order valence-corrected chi connectivity index (χ2v) is 9.27. The fraction of sp³-hybridized carbons (Fsp3) is 0.611. The first-order valence-electron chi connectivity index (χ1n) is 9.89. The number of hydrogen-bond donors (Lipinski definition) is 0. The molecule has 0 N–H and O–H groups in total. The Morgan fingerprint density at radius 2 is 1.43 bits per heavy atom. The number of benzene rings is 1. The molecule has 0 aliphatic carbocycles. The molecule has 1 aromatic heterocycles. The van der Waals surface area contributed by atoms with Gasteiger partial charge in [0.1, 0.15) is 6.10 Å². The molecule has 1 unspecified atom stereocenters. The van der Waals surface area contributed by atoms with Crippen LogP contribution >= 0.6 is 15.6 Å². The molecule has 170 valence electrons. The van der Waals surface area contributed by atoms with Crippen molar-refractivity contribution in [1.82, 2.24) is 9.55 Å². The zero-order valence-electron chi connectivity index (χ0n) is 17.8. The number of para-hydroxylation sites is 2. The van der Waals surface area contributed by atoms with Crippen LogP contribution in [0.15, 0.2) is 30.6 Å². The highest BCUT2D eigenvalue weighted by Gasteiger charge is 2.34. The molecule has 30 heavy (non-hydrogen) atoms. The van der Waals surface area contributed by atoms with Crippen LogP contribution in [0.5, 0.6) is 0 Å². The van der Waals surface area contributed by atoms with Crippen LogP contribution in [0.3, 0.4) is 0 Å².